The van der Waals surface area contributed by atoms with Crippen molar-refractivity contribution in [1.82, 2.24) is 0 Å². The SMILES string of the molecule is C=C(C=CC)OC(=O)C(=C)C. The van der Waals surface area contributed by atoms with E-state index in [-0.39, 0.29) is 0 Å². The Morgan fingerprint density at radius 2 is 2.00 bits per heavy atom. The van der Waals surface area contributed by atoms with Gasteiger partial charge < -0.3 is 4.74 Å². The molecule has 2 nitrogen and oxygen atoms in total. The third kappa shape index (κ3) is 4.14. The third-order valence-corrected chi connectivity index (χ3v) is 0.925. The van der Waals surface area contributed by atoms with Crippen molar-refractivity contribution < 1.29 is 9.53 Å². The van der Waals surface area contributed by atoms with Gasteiger partial charge in [-0.1, -0.05) is 19.2 Å². The van der Waals surface area contributed by atoms with Gasteiger partial charge in [0.25, 0.3) is 0 Å². The number of ether oxygens (including phenoxy) is 1. The fraction of sp³-hybridized carbons (Fsp3) is 0.222. The van der Waals surface area contributed by atoms with Crippen molar-refractivity contribution in [2.45, 2.75) is 13.8 Å². The van der Waals surface area contributed by atoms with Crippen LogP contribution in [0.2, 0.25) is 0 Å². The molecule has 0 spiro atoms. The first-order valence-corrected chi connectivity index (χ1v) is 3.27. The zero-order valence-electron chi connectivity index (χ0n) is 6.89. The van der Waals surface area contributed by atoms with E-state index in [0.717, 1.165) is 0 Å². The van der Waals surface area contributed by atoms with E-state index in [0.29, 0.717) is 11.3 Å². The maximum Gasteiger partial charge on any atom is 0.338 e. The summed E-state index contributed by atoms with van der Waals surface area (Å²) in [6, 6.07) is 0. The molecule has 0 rings (SSSR count). The van der Waals surface area contributed by atoms with E-state index in [9.17, 15) is 4.79 Å². The molecule has 2 heteroatoms. The second-order valence-corrected chi connectivity index (χ2v) is 2.14. The molecule has 0 fully saturated rings. The van der Waals surface area contributed by atoms with Gasteiger partial charge in [-0.05, 0) is 19.9 Å². The molecule has 0 heterocycles. The summed E-state index contributed by atoms with van der Waals surface area (Å²) in [6.45, 7) is 10.3. The maximum atomic E-state index is 10.8. The second kappa shape index (κ2) is 4.50. The van der Waals surface area contributed by atoms with Crippen molar-refractivity contribution in [1.29, 1.82) is 0 Å². The molecule has 0 aliphatic carbocycles. The Morgan fingerprint density at radius 3 is 2.36 bits per heavy atom. The number of rotatable bonds is 3. The molecule has 0 amide bonds. The standard InChI is InChI=1S/C9H12O2/c1-5-6-8(4)11-9(10)7(2)3/h5-6H,2,4H2,1,3H3. The highest BCUT2D eigenvalue weighted by molar-refractivity contribution is 5.87. The highest BCUT2D eigenvalue weighted by Gasteiger charge is 2.02. The summed E-state index contributed by atoms with van der Waals surface area (Å²) < 4.78 is 4.73. The minimum atomic E-state index is -0.437. The van der Waals surface area contributed by atoms with Crippen LogP contribution in [-0.2, 0) is 9.53 Å². The number of carbonyl (C=O) groups is 1. The number of hydrogen-bond acceptors (Lipinski definition) is 2. The van der Waals surface area contributed by atoms with Crippen molar-refractivity contribution in [3.05, 3.63) is 36.6 Å². The maximum absolute atomic E-state index is 10.8. The summed E-state index contributed by atoms with van der Waals surface area (Å²) in [5, 5.41) is 0. The third-order valence-electron chi connectivity index (χ3n) is 0.925. The van der Waals surface area contributed by atoms with Crippen LogP contribution in [0, 0.1) is 0 Å². The normalized spacial score (nSPS) is 9.64. The molecule has 0 atom stereocenters. The predicted octanol–water partition coefficient (Wildman–Crippen LogP) is 2.20. The Kier molecular flexibility index (Phi) is 3.96. The van der Waals surface area contributed by atoms with Gasteiger partial charge in [-0.15, -0.1) is 0 Å². The van der Waals surface area contributed by atoms with Crippen LogP contribution in [0.15, 0.2) is 36.6 Å². The molecule has 0 radical (unpaired) electrons. The summed E-state index contributed by atoms with van der Waals surface area (Å²) in [5.74, 6) is -0.103. The summed E-state index contributed by atoms with van der Waals surface area (Å²) in [6.07, 6.45) is 3.36. The van der Waals surface area contributed by atoms with E-state index in [1.54, 1.807) is 19.1 Å². The van der Waals surface area contributed by atoms with Crippen molar-refractivity contribution in [2.75, 3.05) is 0 Å². The molecule has 0 N–H and O–H groups in total. The van der Waals surface area contributed by atoms with E-state index >= 15 is 0 Å². The van der Waals surface area contributed by atoms with Crippen LogP contribution in [0.25, 0.3) is 0 Å². The van der Waals surface area contributed by atoms with Crippen LogP contribution in [0.3, 0.4) is 0 Å². The Hall–Kier alpha value is -1.31. The quantitative estimate of drug-likeness (QED) is 0.268. The summed E-state index contributed by atoms with van der Waals surface area (Å²) in [4.78, 5) is 10.8. The monoisotopic (exact) mass is 152 g/mol. The number of carbonyl (C=O) groups excluding carboxylic acids is 1. The molecule has 0 aliphatic heterocycles. The van der Waals surface area contributed by atoms with Gasteiger partial charge in [-0.2, -0.15) is 0 Å². The van der Waals surface area contributed by atoms with Crippen LogP contribution < -0.4 is 0 Å². The molecule has 0 aromatic carbocycles. The Bertz CT molecular complexity index is 212. The van der Waals surface area contributed by atoms with E-state index < -0.39 is 5.97 Å². The first-order chi connectivity index (χ1) is 5.07. The van der Waals surface area contributed by atoms with Crippen LogP contribution in [0.1, 0.15) is 13.8 Å². The van der Waals surface area contributed by atoms with E-state index in [1.165, 1.54) is 0 Å². The Balaban J connectivity index is 3.96. The number of esters is 1. The van der Waals surface area contributed by atoms with Gasteiger partial charge in [0.15, 0.2) is 0 Å². The molecule has 0 aromatic heterocycles. The van der Waals surface area contributed by atoms with Crippen LogP contribution >= 0.6 is 0 Å². The fourth-order valence-corrected chi connectivity index (χ4v) is 0.426. The first kappa shape index (κ1) is 9.69. The molecular weight excluding hydrogens is 140 g/mol. The van der Waals surface area contributed by atoms with Gasteiger partial charge >= 0.3 is 5.97 Å². The van der Waals surface area contributed by atoms with Crippen LogP contribution in [-0.4, -0.2) is 5.97 Å². The molecular formula is C9H12O2. The van der Waals surface area contributed by atoms with E-state index in [1.807, 2.05) is 6.92 Å². The van der Waals surface area contributed by atoms with Gasteiger partial charge in [0, 0.05) is 5.57 Å². The predicted molar refractivity (Wildman–Crippen MR) is 44.9 cm³/mol. The van der Waals surface area contributed by atoms with Crippen LogP contribution in [0.5, 0.6) is 0 Å². The highest BCUT2D eigenvalue weighted by atomic mass is 16.5. The summed E-state index contributed by atoms with van der Waals surface area (Å²) in [7, 11) is 0. The fourth-order valence-electron chi connectivity index (χ4n) is 0.426. The van der Waals surface area contributed by atoms with Crippen molar-refractivity contribution in [3.8, 4) is 0 Å². The zero-order chi connectivity index (χ0) is 8.85. The van der Waals surface area contributed by atoms with Crippen molar-refractivity contribution >= 4 is 5.97 Å². The average molecular weight is 152 g/mol. The summed E-state index contributed by atoms with van der Waals surface area (Å²) in [5.41, 5.74) is 0.371. The van der Waals surface area contributed by atoms with Crippen molar-refractivity contribution in [3.63, 3.8) is 0 Å². The highest BCUT2D eigenvalue weighted by Crippen LogP contribution is 2.00. The number of hydrogen-bond donors (Lipinski definition) is 0. The molecule has 0 aliphatic rings. The topological polar surface area (TPSA) is 26.3 Å². The second-order valence-electron chi connectivity index (χ2n) is 2.14. The molecule has 0 saturated carbocycles. The Labute approximate surface area is 66.9 Å². The first-order valence-electron chi connectivity index (χ1n) is 3.27. The zero-order valence-corrected chi connectivity index (χ0v) is 6.89. The molecule has 0 bridgehead atoms. The largest absolute Gasteiger partial charge is 0.424 e. The molecule has 11 heavy (non-hydrogen) atoms. The van der Waals surface area contributed by atoms with Gasteiger partial charge in [0.1, 0.15) is 5.76 Å². The molecule has 60 valence electrons. The van der Waals surface area contributed by atoms with Crippen molar-refractivity contribution in [2.24, 2.45) is 0 Å². The molecule has 0 saturated heterocycles. The van der Waals surface area contributed by atoms with Crippen LogP contribution in [0.4, 0.5) is 0 Å². The van der Waals surface area contributed by atoms with E-state index in [2.05, 4.69) is 13.2 Å². The lowest BCUT2D eigenvalue weighted by atomic mass is 10.3. The average Bonchev–Trinajstić information content (AvgIpc) is 1.87. The van der Waals surface area contributed by atoms with Gasteiger partial charge in [0.05, 0.1) is 0 Å². The molecule has 0 aromatic rings. The molecule has 0 unspecified atom stereocenters. The van der Waals surface area contributed by atoms with Gasteiger partial charge in [0.2, 0.25) is 0 Å². The lowest BCUT2D eigenvalue weighted by molar-refractivity contribution is -0.134. The van der Waals surface area contributed by atoms with Gasteiger partial charge in [-0.3, -0.25) is 0 Å². The lowest BCUT2D eigenvalue weighted by Gasteiger charge is -2.00. The Morgan fingerprint density at radius 1 is 1.45 bits per heavy atom. The summed E-state index contributed by atoms with van der Waals surface area (Å²) >= 11 is 0. The minimum absolute atomic E-state index is 0.334. The minimum Gasteiger partial charge on any atom is -0.424 e. The lowest BCUT2D eigenvalue weighted by Crippen LogP contribution is -2.02. The number of allylic oxidation sites excluding steroid dienone is 2. The van der Waals surface area contributed by atoms with E-state index in [4.69, 9.17) is 4.74 Å². The van der Waals surface area contributed by atoms with Gasteiger partial charge in [-0.25, -0.2) is 4.79 Å². The smallest absolute Gasteiger partial charge is 0.338 e.